The normalized spacial score (nSPS) is 11.2. The highest BCUT2D eigenvalue weighted by molar-refractivity contribution is 6.11. The molecule has 10 nitrogen and oxygen atoms in total. The number of carbonyl (C=O) groups is 2. The molecule has 168 valence electrons. The topological polar surface area (TPSA) is 146 Å². The molecule has 1 amide bonds. The number of aromatic carboxylic acids is 1. The lowest BCUT2D eigenvalue weighted by Gasteiger charge is -2.11. The lowest BCUT2D eigenvalue weighted by atomic mass is 10.1. The molecule has 0 aliphatic carbocycles. The number of primary amides is 1. The minimum atomic E-state index is -1.11. The molecule has 5 rings (SSSR count). The van der Waals surface area contributed by atoms with Crippen LogP contribution in [0.3, 0.4) is 0 Å². The monoisotopic (exact) mass is 455 g/mol. The average Bonchev–Trinajstić information content (AvgIpc) is 3.43. The van der Waals surface area contributed by atoms with Crippen LogP contribution in [0.4, 0.5) is 5.69 Å². The van der Waals surface area contributed by atoms with Gasteiger partial charge in [-0.3, -0.25) is 14.9 Å². The quantitative estimate of drug-likeness (QED) is 0.295. The van der Waals surface area contributed by atoms with Crippen molar-refractivity contribution in [2.75, 3.05) is 0 Å². The maximum atomic E-state index is 12.0. The van der Waals surface area contributed by atoms with Crippen molar-refractivity contribution in [3.63, 3.8) is 0 Å². The number of carbonyl (C=O) groups excluding carboxylic acids is 1. The Hall–Kier alpha value is -4.99. The number of hydrogen-bond acceptors (Lipinski definition) is 5. The molecule has 0 bridgehead atoms. The Morgan fingerprint density at radius 3 is 2.35 bits per heavy atom. The van der Waals surface area contributed by atoms with E-state index in [1.54, 1.807) is 23.2 Å². The van der Waals surface area contributed by atoms with Gasteiger partial charge < -0.3 is 20.0 Å². The van der Waals surface area contributed by atoms with Crippen molar-refractivity contribution in [2.45, 2.75) is 6.54 Å². The van der Waals surface area contributed by atoms with E-state index in [-0.39, 0.29) is 22.5 Å². The molecule has 2 aromatic heterocycles. The SMILES string of the molecule is NC(=O)c1ccc(-n2c3cc(Cn4ccnc4)ccc3c3ccc(C(=O)O)cc32)c([N+](=O)[O-])c1. The number of nitro groups is 1. The Balaban J connectivity index is 1.85. The second-order valence-corrected chi connectivity index (χ2v) is 7.78. The third-order valence-corrected chi connectivity index (χ3v) is 5.70. The molecule has 0 saturated carbocycles. The largest absolute Gasteiger partial charge is 0.478 e. The number of carboxylic acid groups (broad SMARTS) is 1. The number of carboxylic acids is 1. The van der Waals surface area contributed by atoms with Crippen molar-refractivity contribution in [3.8, 4) is 5.69 Å². The van der Waals surface area contributed by atoms with Gasteiger partial charge in [0.25, 0.3) is 5.69 Å². The molecule has 0 unspecified atom stereocenters. The molecular weight excluding hydrogens is 438 g/mol. The maximum Gasteiger partial charge on any atom is 0.335 e. The van der Waals surface area contributed by atoms with Gasteiger partial charge in [0.1, 0.15) is 5.69 Å². The van der Waals surface area contributed by atoms with Crippen LogP contribution in [-0.4, -0.2) is 36.0 Å². The number of rotatable bonds is 6. The Morgan fingerprint density at radius 1 is 1.00 bits per heavy atom. The fourth-order valence-electron chi connectivity index (χ4n) is 4.16. The number of fused-ring (bicyclic) bond motifs is 3. The first kappa shape index (κ1) is 20.9. The van der Waals surface area contributed by atoms with E-state index >= 15 is 0 Å². The van der Waals surface area contributed by atoms with Crippen LogP contribution in [0.5, 0.6) is 0 Å². The number of benzene rings is 3. The molecule has 2 heterocycles. The summed E-state index contributed by atoms with van der Waals surface area (Å²) in [5.74, 6) is -1.90. The standard InChI is InChI=1S/C24H17N5O5/c25-23(30)15-3-6-19(22(10-15)29(33)34)28-20-9-14(12-27-8-7-26-13-27)1-4-17(20)18-5-2-16(24(31)32)11-21(18)28/h1-11,13H,12H2,(H2,25,30)(H,31,32). The number of hydrogen-bond donors (Lipinski definition) is 2. The van der Waals surface area contributed by atoms with Crippen molar-refractivity contribution < 1.29 is 19.6 Å². The first-order chi connectivity index (χ1) is 16.3. The van der Waals surface area contributed by atoms with E-state index < -0.39 is 16.8 Å². The Labute approximate surface area is 191 Å². The zero-order chi connectivity index (χ0) is 24.0. The van der Waals surface area contributed by atoms with Crippen molar-refractivity contribution in [3.05, 3.63) is 100 Å². The molecular formula is C24H17N5O5. The maximum absolute atomic E-state index is 12.0. The predicted molar refractivity (Wildman–Crippen MR) is 124 cm³/mol. The number of aromatic nitrogens is 3. The van der Waals surface area contributed by atoms with Crippen molar-refractivity contribution in [1.82, 2.24) is 14.1 Å². The van der Waals surface area contributed by atoms with E-state index in [0.717, 1.165) is 22.4 Å². The highest BCUT2D eigenvalue weighted by Crippen LogP contribution is 2.36. The van der Waals surface area contributed by atoms with Gasteiger partial charge in [0.05, 0.1) is 27.8 Å². The van der Waals surface area contributed by atoms with Gasteiger partial charge in [-0.1, -0.05) is 18.2 Å². The fraction of sp³-hybridized carbons (Fsp3) is 0.0417. The van der Waals surface area contributed by atoms with Gasteiger partial charge in [-0.15, -0.1) is 0 Å². The van der Waals surface area contributed by atoms with Gasteiger partial charge in [-0.25, -0.2) is 9.78 Å². The summed E-state index contributed by atoms with van der Waals surface area (Å²) in [6, 6.07) is 14.4. The van der Waals surface area contributed by atoms with Crippen LogP contribution >= 0.6 is 0 Å². The smallest absolute Gasteiger partial charge is 0.335 e. The summed E-state index contributed by atoms with van der Waals surface area (Å²) < 4.78 is 3.54. The fourth-order valence-corrected chi connectivity index (χ4v) is 4.16. The van der Waals surface area contributed by atoms with Gasteiger partial charge in [0, 0.05) is 41.3 Å². The Morgan fingerprint density at radius 2 is 1.71 bits per heavy atom. The van der Waals surface area contributed by atoms with Gasteiger partial charge in [0.2, 0.25) is 5.91 Å². The molecule has 0 saturated heterocycles. The van der Waals surface area contributed by atoms with Gasteiger partial charge in [-0.2, -0.15) is 0 Å². The number of nitrogens with zero attached hydrogens (tertiary/aromatic N) is 4. The highest BCUT2D eigenvalue weighted by atomic mass is 16.6. The van der Waals surface area contributed by atoms with Gasteiger partial charge >= 0.3 is 5.97 Å². The number of imidazole rings is 1. The average molecular weight is 455 g/mol. The number of nitro benzene ring substituents is 1. The second kappa shape index (κ2) is 7.85. The summed E-state index contributed by atoms with van der Waals surface area (Å²) in [6.45, 7) is 0.528. The summed E-state index contributed by atoms with van der Waals surface area (Å²) in [7, 11) is 0. The molecule has 0 radical (unpaired) electrons. The molecule has 0 atom stereocenters. The van der Waals surface area contributed by atoms with Gasteiger partial charge in [-0.05, 0) is 35.9 Å². The number of amides is 1. The van der Waals surface area contributed by atoms with E-state index in [4.69, 9.17) is 5.73 Å². The van der Waals surface area contributed by atoms with E-state index in [1.807, 2.05) is 29.0 Å². The summed E-state index contributed by atoms with van der Waals surface area (Å²) in [4.78, 5) is 38.7. The molecule has 3 N–H and O–H groups in total. The van der Waals surface area contributed by atoms with Crippen LogP contribution in [0, 0.1) is 10.1 Å². The molecule has 0 aliphatic heterocycles. The molecule has 0 aliphatic rings. The van der Waals surface area contributed by atoms with Crippen molar-refractivity contribution in [1.29, 1.82) is 0 Å². The van der Waals surface area contributed by atoms with Crippen LogP contribution in [-0.2, 0) is 6.54 Å². The first-order valence-electron chi connectivity index (χ1n) is 10.2. The van der Waals surface area contributed by atoms with Crippen molar-refractivity contribution >= 4 is 39.4 Å². The molecule has 0 fully saturated rings. The third kappa shape index (κ3) is 3.43. The summed E-state index contributed by atoms with van der Waals surface area (Å²) in [5, 5.41) is 23.0. The lowest BCUT2D eigenvalue weighted by molar-refractivity contribution is -0.384. The minimum absolute atomic E-state index is 0.00300. The Kier molecular flexibility index (Phi) is 4.82. The predicted octanol–water partition coefficient (Wildman–Crippen LogP) is 3.73. The summed E-state index contributed by atoms with van der Waals surface area (Å²) in [6.07, 6.45) is 5.19. The summed E-state index contributed by atoms with van der Waals surface area (Å²) in [5.41, 5.74) is 7.32. The zero-order valence-corrected chi connectivity index (χ0v) is 17.6. The second-order valence-electron chi connectivity index (χ2n) is 7.78. The van der Waals surface area contributed by atoms with Crippen LogP contribution in [0.15, 0.2) is 73.3 Å². The molecule has 5 aromatic rings. The van der Waals surface area contributed by atoms with E-state index in [1.165, 1.54) is 24.3 Å². The first-order valence-corrected chi connectivity index (χ1v) is 10.2. The molecule has 34 heavy (non-hydrogen) atoms. The highest BCUT2D eigenvalue weighted by Gasteiger charge is 2.23. The van der Waals surface area contributed by atoms with Crippen molar-refractivity contribution in [2.24, 2.45) is 5.73 Å². The lowest BCUT2D eigenvalue weighted by Crippen LogP contribution is -2.12. The van der Waals surface area contributed by atoms with Crippen LogP contribution in [0.2, 0.25) is 0 Å². The third-order valence-electron chi connectivity index (χ3n) is 5.70. The number of nitrogens with two attached hydrogens (primary N) is 1. The minimum Gasteiger partial charge on any atom is -0.478 e. The zero-order valence-electron chi connectivity index (χ0n) is 17.6. The van der Waals surface area contributed by atoms with Crippen LogP contribution in [0.1, 0.15) is 26.3 Å². The Bertz CT molecular complexity index is 1620. The van der Waals surface area contributed by atoms with Gasteiger partial charge in [0.15, 0.2) is 0 Å². The van der Waals surface area contributed by atoms with E-state index in [2.05, 4.69) is 4.98 Å². The van der Waals surface area contributed by atoms with E-state index in [9.17, 15) is 24.8 Å². The molecule has 0 spiro atoms. The molecule has 3 aromatic carbocycles. The van der Waals surface area contributed by atoms with Crippen LogP contribution < -0.4 is 5.73 Å². The molecule has 10 heteroatoms. The summed E-state index contributed by atoms with van der Waals surface area (Å²) >= 11 is 0. The van der Waals surface area contributed by atoms with E-state index in [0.29, 0.717) is 17.6 Å². The van der Waals surface area contributed by atoms with Crippen LogP contribution in [0.25, 0.3) is 27.5 Å².